The van der Waals surface area contributed by atoms with Crippen molar-refractivity contribution in [3.05, 3.63) is 35.4 Å². The summed E-state index contributed by atoms with van der Waals surface area (Å²) in [4.78, 5) is 41.0. The number of rotatable bonds is 5. The third-order valence-electron chi connectivity index (χ3n) is 6.35. The topological polar surface area (TPSA) is 79.0 Å². The van der Waals surface area contributed by atoms with Crippen LogP contribution in [-0.4, -0.2) is 59.5 Å². The Bertz CT molecular complexity index is 799. The maximum atomic E-state index is 12.9. The fourth-order valence-electron chi connectivity index (χ4n) is 4.52. The highest BCUT2D eigenvalue weighted by atomic mass is 16.5. The van der Waals surface area contributed by atoms with Crippen LogP contribution in [0.3, 0.4) is 0 Å². The molecular formula is C22H29N3O4. The van der Waals surface area contributed by atoms with Gasteiger partial charge in [0.15, 0.2) is 0 Å². The molecule has 3 aliphatic rings. The van der Waals surface area contributed by atoms with Crippen LogP contribution in [0.5, 0.6) is 0 Å². The lowest BCUT2D eigenvalue weighted by Gasteiger charge is -2.30. The number of hydrogen-bond donors (Lipinski definition) is 1. The summed E-state index contributed by atoms with van der Waals surface area (Å²) in [5.41, 5.74) is 1.56. The Kier molecular flexibility index (Phi) is 5.34. The molecule has 29 heavy (non-hydrogen) atoms. The highest BCUT2D eigenvalue weighted by Crippen LogP contribution is 2.30. The molecule has 1 atom stereocenters. The van der Waals surface area contributed by atoms with Gasteiger partial charge in [-0.15, -0.1) is 0 Å². The molecule has 4 rings (SSSR count). The van der Waals surface area contributed by atoms with E-state index in [0.717, 1.165) is 5.56 Å². The molecule has 156 valence electrons. The zero-order valence-electron chi connectivity index (χ0n) is 17.1. The summed E-state index contributed by atoms with van der Waals surface area (Å²) in [6.45, 7) is 6.69. The van der Waals surface area contributed by atoms with E-state index >= 15 is 0 Å². The van der Waals surface area contributed by atoms with Crippen molar-refractivity contribution in [2.75, 3.05) is 26.3 Å². The van der Waals surface area contributed by atoms with Crippen molar-refractivity contribution in [3.8, 4) is 0 Å². The number of nitrogens with one attached hydrogen (secondary N) is 1. The maximum absolute atomic E-state index is 12.9. The molecule has 1 spiro atoms. The van der Waals surface area contributed by atoms with Crippen molar-refractivity contribution in [1.29, 1.82) is 0 Å². The summed E-state index contributed by atoms with van der Waals surface area (Å²) in [7, 11) is 0. The molecule has 1 aromatic carbocycles. The average Bonchev–Trinajstić information content (AvgIpc) is 3.15. The van der Waals surface area contributed by atoms with Crippen LogP contribution in [0.4, 0.5) is 4.79 Å². The third-order valence-corrected chi connectivity index (χ3v) is 6.35. The van der Waals surface area contributed by atoms with Gasteiger partial charge in [0.1, 0.15) is 5.54 Å². The smallest absolute Gasteiger partial charge is 0.325 e. The van der Waals surface area contributed by atoms with Crippen molar-refractivity contribution in [1.82, 2.24) is 15.1 Å². The van der Waals surface area contributed by atoms with Crippen LogP contribution in [0.15, 0.2) is 24.3 Å². The molecule has 7 heteroatoms. The first-order valence-corrected chi connectivity index (χ1v) is 10.5. The van der Waals surface area contributed by atoms with Crippen LogP contribution in [-0.2, 0) is 20.9 Å². The number of urea groups is 1. The Hall–Kier alpha value is -2.41. The molecule has 4 amide bonds. The van der Waals surface area contributed by atoms with E-state index in [9.17, 15) is 14.4 Å². The van der Waals surface area contributed by atoms with E-state index in [2.05, 4.69) is 43.4 Å². The predicted molar refractivity (Wildman–Crippen MR) is 107 cm³/mol. The zero-order chi connectivity index (χ0) is 20.6. The molecule has 0 aliphatic carbocycles. The van der Waals surface area contributed by atoms with Crippen molar-refractivity contribution >= 4 is 17.8 Å². The number of amides is 4. The molecule has 3 heterocycles. The van der Waals surface area contributed by atoms with Gasteiger partial charge in [-0.25, -0.2) is 4.79 Å². The van der Waals surface area contributed by atoms with E-state index < -0.39 is 5.54 Å². The second-order valence-corrected chi connectivity index (χ2v) is 8.78. The second kappa shape index (κ2) is 7.78. The van der Waals surface area contributed by atoms with Gasteiger partial charge in [-0.05, 0) is 17.0 Å². The Morgan fingerprint density at radius 1 is 1.14 bits per heavy atom. The molecule has 0 saturated carbocycles. The van der Waals surface area contributed by atoms with E-state index in [4.69, 9.17) is 4.74 Å². The van der Waals surface area contributed by atoms with Gasteiger partial charge in [0.05, 0.1) is 0 Å². The summed E-state index contributed by atoms with van der Waals surface area (Å²) in [5.74, 6) is 0.365. The van der Waals surface area contributed by atoms with Gasteiger partial charge < -0.3 is 15.0 Å². The van der Waals surface area contributed by atoms with Crippen LogP contribution in [0.2, 0.25) is 0 Å². The number of carbonyl (C=O) groups is 3. The van der Waals surface area contributed by atoms with Gasteiger partial charge in [-0.2, -0.15) is 0 Å². The highest BCUT2D eigenvalue weighted by molar-refractivity contribution is 6.07. The van der Waals surface area contributed by atoms with Crippen LogP contribution in [0.1, 0.15) is 50.2 Å². The Morgan fingerprint density at radius 2 is 1.83 bits per heavy atom. The van der Waals surface area contributed by atoms with Gasteiger partial charge in [-0.3, -0.25) is 14.5 Å². The van der Waals surface area contributed by atoms with Gasteiger partial charge in [0.2, 0.25) is 5.91 Å². The first-order valence-electron chi connectivity index (χ1n) is 10.5. The molecule has 3 aliphatic heterocycles. The second-order valence-electron chi connectivity index (χ2n) is 8.78. The Morgan fingerprint density at radius 3 is 2.48 bits per heavy atom. The number of hydrogen-bond acceptors (Lipinski definition) is 4. The summed E-state index contributed by atoms with van der Waals surface area (Å²) < 4.78 is 5.34. The number of likely N-dealkylation sites (tertiary alicyclic amines) is 1. The fraction of sp³-hybridized carbons (Fsp3) is 0.591. The van der Waals surface area contributed by atoms with E-state index in [1.807, 2.05) is 4.90 Å². The number of nitrogens with zero attached hydrogens (tertiary/aromatic N) is 2. The summed E-state index contributed by atoms with van der Waals surface area (Å²) in [5, 5.41) is 2.88. The fourth-order valence-corrected chi connectivity index (χ4v) is 4.52. The molecule has 1 unspecified atom stereocenters. The standard InChI is InChI=1S/C22H29N3O4/c1-15(2)18-5-3-16(4-6-18)12-24-13-17(11-19(24)26)14-25-20(27)22(23-21(25)28)7-9-29-10-8-22/h3-6,15,17H,7-14H2,1-2H3,(H,23,28). The minimum absolute atomic E-state index is 0.0258. The van der Waals surface area contributed by atoms with Gasteiger partial charge >= 0.3 is 6.03 Å². The first-order chi connectivity index (χ1) is 13.9. The van der Waals surface area contributed by atoms with Crippen molar-refractivity contribution in [3.63, 3.8) is 0 Å². The number of benzene rings is 1. The summed E-state index contributed by atoms with van der Waals surface area (Å²) in [6, 6.07) is 8.02. The minimum atomic E-state index is -0.810. The monoisotopic (exact) mass is 399 g/mol. The Balaban J connectivity index is 1.37. The maximum Gasteiger partial charge on any atom is 0.325 e. The molecule has 0 radical (unpaired) electrons. The number of imide groups is 1. The van der Waals surface area contributed by atoms with Crippen molar-refractivity contribution in [2.24, 2.45) is 5.92 Å². The normalized spacial score (nSPS) is 24.1. The van der Waals surface area contributed by atoms with E-state index in [1.165, 1.54) is 10.5 Å². The minimum Gasteiger partial charge on any atom is -0.381 e. The molecule has 3 saturated heterocycles. The Labute approximate surface area is 171 Å². The lowest BCUT2D eigenvalue weighted by atomic mass is 9.90. The molecular weight excluding hydrogens is 370 g/mol. The van der Waals surface area contributed by atoms with E-state index in [0.29, 0.717) is 58.0 Å². The number of carbonyl (C=O) groups excluding carboxylic acids is 3. The number of ether oxygens (including phenoxy) is 1. The first kappa shape index (κ1) is 19.9. The van der Waals surface area contributed by atoms with Crippen LogP contribution in [0.25, 0.3) is 0 Å². The van der Waals surface area contributed by atoms with Crippen molar-refractivity contribution in [2.45, 2.75) is 51.1 Å². The quantitative estimate of drug-likeness (QED) is 0.771. The van der Waals surface area contributed by atoms with Gasteiger partial charge in [0.25, 0.3) is 5.91 Å². The molecule has 1 N–H and O–H groups in total. The zero-order valence-corrected chi connectivity index (χ0v) is 17.1. The lowest BCUT2D eigenvalue weighted by Crippen LogP contribution is -2.51. The highest BCUT2D eigenvalue weighted by Gasteiger charge is 2.52. The molecule has 0 bridgehead atoms. The van der Waals surface area contributed by atoms with Crippen LogP contribution in [0, 0.1) is 5.92 Å². The van der Waals surface area contributed by atoms with Crippen LogP contribution < -0.4 is 5.32 Å². The summed E-state index contributed by atoms with van der Waals surface area (Å²) in [6.07, 6.45) is 1.39. The molecule has 7 nitrogen and oxygen atoms in total. The lowest BCUT2D eigenvalue weighted by molar-refractivity contribution is -0.135. The molecule has 0 aromatic heterocycles. The van der Waals surface area contributed by atoms with Gasteiger partial charge in [-0.1, -0.05) is 38.1 Å². The van der Waals surface area contributed by atoms with E-state index in [1.54, 1.807) is 0 Å². The van der Waals surface area contributed by atoms with Crippen LogP contribution >= 0.6 is 0 Å². The van der Waals surface area contributed by atoms with E-state index in [-0.39, 0.29) is 23.8 Å². The largest absolute Gasteiger partial charge is 0.381 e. The third kappa shape index (κ3) is 3.88. The molecule has 3 fully saturated rings. The SMILES string of the molecule is CC(C)c1ccc(CN2CC(CN3C(=O)NC4(CCOCC4)C3=O)CC2=O)cc1. The van der Waals surface area contributed by atoms with Crippen molar-refractivity contribution < 1.29 is 19.1 Å². The molecule has 1 aromatic rings. The van der Waals surface area contributed by atoms with Gasteiger partial charge in [0, 0.05) is 58.0 Å². The predicted octanol–water partition coefficient (Wildman–Crippen LogP) is 2.26. The summed E-state index contributed by atoms with van der Waals surface area (Å²) >= 11 is 0. The average molecular weight is 399 g/mol.